The molecule has 3 nitrogen and oxygen atoms in total. The Balaban J connectivity index is 0.996. The lowest BCUT2D eigenvalue weighted by molar-refractivity contribution is 1.12. The second-order valence-electron chi connectivity index (χ2n) is 17.2. The molecule has 1 aromatic heterocycles. The van der Waals surface area contributed by atoms with Crippen molar-refractivity contribution in [1.29, 1.82) is 0 Å². The van der Waals surface area contributed by atoms with Gasteiger partial charge in [0.2, 0.25) is 0 Å². The number of pyridine rings is 1. The number of para-hydroxylation sites is 4. The van der Waals surface area contributed by atoms with Gasteiger partial charge in [0.05, 0.1) is 28.5 Å². The van der Waals surface area contributed by atoms with Gasteiger partial charge < -0.3 is 9.80 Å². The molecule has 11 aromatic rings. The second kappa shape index (κ2) is 18.2. The van der Waals surface area contributed by atoms with Crippen LogP contribution in [0.5, 0.6) is 0 Å². The molecular weight excluding hydrogens is 875 g/mol. The summed E-state index contributed by atoms with van der Waals surface area (Å²) in [4.78, 5) is 18.1. The van der Waals surface area contributed by atoms with Crippen LogP contribution in [-0.4, -0.2) is 4.98 Å². The van der Waals surface area contributed by atoms with Crippen molar-refractivity contribution in [3.63, 3.8) is 0 Å². The highest BCUT2D eigenvalue weighted by Gasteiger charge is 2.42. The van der Waals surface area contributed by atoms with E-state index in [9.17, 15) is 0 Å². The molecule has 5 heteroatoms. The highest BCUT2D eigenvalue weighted by Crippen LogP contribution is 2.79. The molecule has 10 aromatic carbocycles. The van der Waals surface area contributed by atoms with Gasteiger partial charge in [0, 0.05) is 62.9 Å². The zero-order valence-corrected chi connectivity index (χ0v) is 39.7. The van der Waals surface area contributed by atoms with E-state index in [1.165, 1.54) is 46.3 Å². The minimum Gasteiger partial charge on any atom is -0.309 e. The molecule has 330 valence electrons. The van der Waals surface area contributed by atoms with Gasteiger partial charge in [0.1, 0.15) is 0 Å². The van der Waals surface area contributed by atoms with Crippen molar-refractivity contribution < 1.29 is 0 Å². The van der Waals surface area contributed by atoms with Crippen molar-refractivity contribution in [2.24, 2.45) is 0 Å². The highest BCUT2D eigenvalue weighted by atomic mass is 32.3. The molecule has 0 saturated carbocycles. The lowest BCUT2D eigenvalue weighted by Gasteiger charge is -2.49. The molecule has 1 aliphatic heterocycles. The molecule has 0 aliphatic carbocycles. The van der Waals surface area contributed by atoms with Crippen LogP contribution >= 0.6 is 21.8 Å². The van der Waals surface area contributed by atoms with Crippen LogP contribution < -0.4 is 9.80 Å². The first-order valence-electron chi connectivity index (χ1n) is 23.4. The van der Waals surface area contributed by atoms with Crippen molar-refractivity contribution in [2.75, 3.05) is 9.80 Å². The summed E-state index contributed by atoms with van der Waals surface area (Å²) in [5.41, 5.74) is 11.9. The number of hydrogen-bond donors (Lipinski definition) is 0. The smallest absolute Gasteiger partial charge is 0.0788 e. The van der Waals surface area contributed by atoms with Crippen LogP contribution in [0, 0.1) is 6.92 Å². The third kappa shape index (κ3) is 7.57. The summed E-state index contributed by atoms with van der Waals surface area (Å²) in [6.07, 6.45) is 0. The summed E-state index contributed by atoms with van der Waals surface area (Å²) in [5, 5.41) is 2.25. The topological polar surface area (TPSA) is 19.4 Å². The molecule has 1 aliphatic rings. The minimum atomic E-state index is -1.87. The van der Waals surface area contributed by atoms with E-state index in [2.05, 4.69) is 284 Å². The first-order valence-corrected chi connectivity index (χ1v) is 25.8. The van der Waals surface area contributed by atoms with Crippen molar-refractivity contribution >= 4 is 66.7 Å². The average Bonchev–Trinajstić information content (AvgIpc) is 3.42. The summed E-state index contributed by atoms with van der Waals surface area (Å²) in [5.74, 6) is 0. The van der Waals surface area contributed by atoms with E-state index in [4.69, 9.17) is 4.98 Å². The summed E-state index contributed by atoms with van der Waals surface area (Å²) in [6, 6.07) is 97.0. The van der Waals surface area contributed by atoms with Crippen molar-refractivity contribution in [3.8, 4) is 22.5 Å². The minimum absolute atomic E-state index is 0.917. The fourth-order valence-electron chi connectivity index (χ4n) is 9.95. The van der Waals surface area contributed by atoms with E-state index >= 15 is 0 Å². The van der Waals surface area contributed by atoms with Gasteiger partial charge in [-0.3, -0.25) is 0 Å². The fourth-order valence-corrected chi connectivity index (χ4v) is 15.1. The van der Waals surface area contributed by atoms with E-state index in [1.54, 1.807) is 11.8 Å². The fraction of sp³-hybridized carbons (Fsp3) is 0.0156. The molecule has 0 saturated heterocycles. The van der Waals surface area contributed by atoms with Gasteiger partial charge in [-0.05, 0) is 127 Å². The van der Waals surface area contributed by atoms with Crippen LogP contribution in [0.1, 0.15) is 5.56 Å². The van der Waals surface area contributed by atoms with E-state index in [1.807, 2.05) is 0 Å². The van der Waals surface area contributed by atoms with E-state index in [-0.39, 0.29) is 0 Å². The Labute approximate surface area is 410 Å². The zero-order chi connectivity index (χ0) is 46.2. The van der Waals surface area contributed by atoms with Gasteiger partial charge in [-0.1, -0.05) is 169 Å². The maximum absolute atomic E-state index is 5.62. The molecule has 0 bridgehead atoms. The molecule has 0 atom stereocenters. The first kappa shape index (κ1) is 42.3. The molecule has 12 rings (SSSR count). The van der Waals surface area contributed by atoms with Gasteiger partial charge in [-0.15, -0.1) is 10.0 Å². The number of nitrogens with zero attached hydrogens (tertiary/aromatic N) is 3. The molecule has 0 spiro atoms. The summed E-state index contributed by atoms with van der Waals surface area (Å²) in [6.45, 7) is 2.19. The third-order valence-electron chi connectivity index (χ3n) is 13.0. The number of hydrogen-bond acceptors (Lipinski definition) is 4. The predicted octanol–water partition coefficient (Wildman–Crippen LogP) is 18.6. The summed E-state index contributed by atoms with van der Waals surface area (Å²) < 4.78 is 0. The molecule has 0 N–H and O–H groups in total. The van der Waals surface area contributed by atoms with Crippen LogP contribution in [0.3, 0.4) is 0 Å². The normalized spacial score (nSPS) is 13.0. The maximum Gasteiger partial charge on any atom is 0.0788 e. The van der Waals surface area contributed by atoms with Crippen LogP contribution in [-0.2, 0) is 0 Å². The van der Waals surface area contributed by atoms with E-state index in [0.717, 1.165) is 56.0 Å². The molecule has 0 fully saturated rings. The van der Waals surface area contributed by atoms with Crippen LogP contribution in [0.25, 0.3) is 33.3 Å². The molecule has 2 heterocycles. The molecule has 0 amide bonds. The number of fused-ring (bicyclic) bond motifs is 3. The largest absolute Gasteiger partial charge is 0.309 e. The molecule has 0 radical (unpaired) electrons. The molecular formula is C64H47N3S2. The maximum atomic E-state index is 5.62. The number of rotatable bonds is 10. The Kier molecular flexibility index (Phi) is 11.1. The summed E-state index contributed by atoms with van der Waals surface area (Å²) >= 11 is 1.78. The van der Waals surface area contributed by atoms with E-state index < -0.39 is 10.0 Å². The van der Waals surface area contributed by atoms with Crippen molar-refractivity contribution in [3.05, 3.63) is 272 Å². The second-order valence-corrected chi connectivity index (χ2v) is 21.4. The van der Waals surface area contributed by atoms with Crippen LogP contribution in [0.15, 0.2) is 296 Å². The van der Waals surface area contributed by atoms with Gasteiger partial charge in [0.25, 0.3) is 0 Å². The SMILES string of the molecule is Cc1ccccc1N(c1cccc(-c2cc3ccccc3c(-c3cccc(N4c5ccccc5S(c5ccccc5)(c5ccccc5)c5ccccc54)c3)n2)c1)c1ccccc1Sc1ccccc1. The Morgan fingerprint density at radius 3 is 1.72 bits per heavy atom. The quantitative estimate of drug-likeness (QED) is 0.136. The Bertz CT molecular complexity index is 3540. The van der Waals surface area contributed by atoms with Crippen LogP contribution in [0.2, 0.25) is 0 Å². The van der Waals surface area contributed by atoms with Crippen molar-refractivity contribution in [1.82, 2.24) is 4.98 Å². The number of anilines is 6. The third-order valence-corrected chi connectivity index (χ3v) is 18.1. The summed E-state index contributed by atoms with van der Waals surface area (Å²) in [7, 11) is -1.87. The average molecular weight is 922 g/mol. The van der Waals surface area contributed by atoms with Crippen LogP contribution in [0.4, 0.5) is 34.1 Å². The Morgan fingerprint density at radius 1 is 0.449 bits per heavy atom. The molecule has 69 heavy (non-hydrogen) atoms. The van der Waals surface area contributed by atoms with Crippen molar-refractivity contribution in [2.45, 2.75) is 36.3 Å². The number of benzene rings is 10. The van der Waals surface area contributed by atoms with E-state index in [0.29, 0.717) is 0 Å². The zero-order valence-electron chi connectivity index (χ0n) is 38.1. The molecule has 0 unspecified atom stereocenters. The Hall–Kier alpha value is -8.09. The monoisotopic (exact) mass is 921 g/mol. The standard InChI is InChI=1S/C64H47N3S2/c1-46-23-11-14-36-57(46)66(58-37-15-18-40-61(58)68-52-29-5-2-6-30-52)50-27-21-25-48(43-50)56-45-47-24-12-13-35-55(47)64(65-56)49-26-22-28-51(44-49)67-59-38-16-19-41-62(59)69(53-31-7-3-8-32-53,54-33-9-4-10-34-54)63-42-20-17-39-60(63)67/h2-45H,1H3. The van der Waals surface area contributed by atoms with Gasteiger partial charge in [0.15, 0.2) is 0 Å². The van der Waals surface area contributed by atoms with Gasteiger partial charge in [-0.25, -0.2) is 4.98 Å². The number of aryl methyl sites for hydroxylation is 1. The number of aromatic nitrogens is 1. The van der Waals surface area contributed by atoms with Gasteiger partial charge >= 0.3 is 0 Å². The Morgan fingerprint density at radius 2 is 1.01 bits per heavy atom. The van der Waals surface area contributed by atoms with Gasteiger partial charge in [-0.2, -0.15) is 0 Å². The first-order chi connectivity index (χ1) is 34.1. The lowest BCUT2D eigenvalue weighted by Crippen LogP contribution is -2.21. The lowest BCUT2D eigenvalue weighted by atomic mass is 10.00. The predicted molar refractivity (Wildman–Crippen MR) is 291 cm³/mol. The highest BCUT2D eigenvalue weighted by molar-refractivity contribution is 8.34.